The number of aliphatic hydroxyl groups is 1. The highest BCUT2D eigenvalue weighted by molar-refractivity contribution is 7.99. The molecule has 0 fully saturated rings. The summed E-state index contributed by atoms with van der Waals surface area (Å²) >= 11 is 1.83. The number of aliphatic hydroxyl groups excluding tert-OH is 1. The van der Waals surface area contributed by atoms with E-state index < -0.39 is 0 Å². The number of hydrogen-bond donors (Lipinski definition) is 1. The van der Waals surface area contributed by atoms with Crippen LogP contribution in [0, 0.1) is 0 Å². The van der Waals surface area contributed by atoms with Crippen LogP contribution in [0.5, 0.6) is 0 Å². The Bertz CT molecular complexity index is 300. The molecule has 0 spiro atoms. The fourth-order valence-corrected chi connectivity index (χ4v) is 2.20. The monoisotopic (exact) mass is 251 g/mol. The molecule has 0 heterocycles. The summed E-state index contributed by atoms with van der Waals surface area (Å²) in [5.74, 6) is 2.02. The van der Waals surface area contributed by atoms with E-state index in [1.54, 1.807) is 0 Å². The summed E-state index contributed by atoms with van der Waals surface area (Å²) in [5.41, 5.74) is 1.17. The van der Waals surface area contributed by atoms with Crippen LogP contribution in [0.25, 0.3) is 0 Å². The first kappa shape index (κ1) is 14.3. The van der Waals surface area contributed by atoms with Gasteiger partial charge < -0.3 is 5.11 Å². The van der Waals surface area contributed by atoms with Gasteiger partial charge in [0.15, 0.2) is 0 Å². The van der Waals surface area contributed by atoms with Gasteiger partial charge in [-0.25, -0.2) is 0 Å². The smallest absolute Gasteiger partial charge is 0.0521 e. The number of unbranched alkanes of at least 4 members (excludes halogenated alkanes) is 2. The van der Waals surface area contributed by atoms with E-state index in [0.29, 0.717) is 6.61 Å². The molecule has 1 aromatic rings. The fourth-order valence-electron chi connectivity index (χ4n) is 1.46. The van der Waals surface area contributed by atoms with Crippen LogP contribution in [0.2, 0.25) is 0 Å². The predicted molar refractivity (Wildman–Crippen MR) is 77.2 cm³/mol. The predicted octanol–water partition coefficient (Wildman–Crippen LogP) is 3.00. The van der Waals surface area contributed by atoms with Crippen molar-refractivity contribution in [2.24, 2.45) is 4.99 Å². The van der Waals surface area contributed by atoms with Gasteiger partial charge in [-0.3, -0.25) is 4.99 Å². The summed E-state index contributed by atoms with van der Waals surface area (Å²) in [6, 6.07) is 10.2. The molecule has 1 aromatic carbocycles. The number of thioether (sulfide) groups is 1. The standard InChI is InChI=1S/C14H21NOS/c16-10-12-17-11-6-2-5-9-15-13-14-7-3-1-4-8-14/h1,3-4,7-8,13,16H,2,5-6,9-12H2. The third-order valence-electron chi connectivity index (χ3n) is 2.35. The van der Waals surface area contributed by atoms with E-state index in [9.17, 15) is 0 Å². The SMILES string of the molecule is OCCSCCCCCN=Cc1ccccc1. The molecule has 0 saturated carbocycles. The lowest BCUT2D eigenvalue weighted by Crippen LogP contribution is -1.90. The number of aliphatic imine (C=N–C) groups is 1. The van der Waals surface area contributed by atoms with E-state index in [2.05, 4.69) is 17.1 Å². The quantitative estimate of drug-likeness (QED) is 0.540. The van der Waals surface area contributed by atoms with Crippen molar-refractivity contribution in [1.82, 2.24) is 0 Å². The Morgan fingerprint density at radius 3 is 2.65 bits per heavy atom. The summed E-state index contributed by atoms with van der Waals surface area (Å²) in [6.45, 7) is 1.21. The Kier molecular flexibility index (Phi) is 8.69. The molecule has 0 unspecified atom stereocenters. The van der Waals surface area contributed by atoms with Crippen LogP contribution in [0.4, 0.5) is 0 Å². The van der Waals surface area contributed by atoms with Gasteiger partial charge in [0.25, 0.3) is 0 Å². The molecule has 0 atom stereocenters. The third-order valence-corrected chi connectivity index (χ3v) is 3.40. The van der Waals surface area contributed by atoms with Gasteiger partial charge in [0.2, 0.25) is 0 Å². The lowest BCUT2D eigenvalue weighted by atomic mass is 10.2. The van der Waals surface area contributed by atoms with Gasteiger partial charge in [-0.05, 0) is 24.2 Å². The van der Waals surface area contributed by atoms with E-state index in [4.69, 9.17) is 5.11 Å². The maximum atomic E-state index is 8.61. The molecule has 0 bridgehead atoms. The summed E-state index contributed by atoms with van der Waals surface area (Å²) in [5, 5.41) is 8.61. The average molecular weight is 251 g/mol. The second-order valence-electron chi connectivity index (χ2n) is 3.84. The van der Waals surface area contributed by atoms with Crippen LogP contribution in [0.15, 0.2) is 35.3 Å². The zero-order chi connectivity index (χ0) is 12.2. The van der Waals surface area contributed by atoms with Crippen LogP contribution >= 0.6 is 11.8 Å². The Morgan fingerprint density at radius 2 is 1.88 bits per heavy atom. The molecule has 0 aromatic heterocycles. The molecular formula is C14H21NOS. The first-order valence-corrected chi connectivity index (χ1v) is 7.32. The van der Waals surface area contributed by atoms with E-state index in [1.807, 2.05) is 36.2 Å². The summed E-state index contributed by atoms with van der Waals surface area (Å²) in [6.07, 6.45) is 5.56. The molecule has 17 heavy (non-hydrogen) atoms. The van der Waals surface area contributed by atoms with E-state index >= 15 is 0 Å². The Morgan fingerprint density at radius 1 is 1.06 bits per heavy atom. The summed E-state index contributed by atoms with van der Waals surface area (Å²) < 4.78 is 0. The third kappa shape index (κ3) is 8.00. The van der Waals surface area contributed by atoms with Crippen LogP contribution in [0.1, 0.15) is 24.8 Å². The van der Waals surface area contributed by atoms with Gasteiger partial charge in [-0.1, -0.05) is 36.8 Å². The minimum atomic E-state index is 0.298. The molecule has 0 aliphatic carbocycles. The van der Waals surface area contributed by atoms with Crippen molar-refractivity contribution in [2.75, 3.05) is 24.7 Å². The van der Waals surface area contributed by atoms with Crippen molar-refractivity contribution in [2.45, 2.75) is 19.3 Å². The highest BCUT2D eigenvalue weighted by atomic mass is 32.2. The average Bonchev–Trinajstić information content (AvgIpc) is 2.38. The highest BCUT2D eigenvalue weighted by Gasteiger charge is 1.90. The number of benzene rings is 1. The van der Waals surface area contributed by atoms with Gasteiger partial charge >= 0.3 is 0 Å². The van der Waals surface area contributed by atoms with E-state index in [0.717, 1.165) is 24.5 Å². The molecule has 1 rings (SSSR count). The molecule has 0 aliphatic rings. The fraction of sp³-hybridized carbons (Fsp3) is 0.500. The minimum absolute atomic E-state index is 0.298. The van der Waals surface area contributed by atoms with E-state index in [1.165, 1.54) is 18.4 Å². The van der Waals surface area contributed by atoms with Crippen molar-refractivity contribution in [1.29, 1.82) is 0 Å². The van der Waals surface area contributed by atoms with Crippen LogP contribution in [-0.2, 0) is 0 Å². The van der Waals surface area contributed by atoms with Gasteiger partial charge in [0, 0.05) is 18.5 Å². The van der Waals surface area contributed by atoms with Crippen LogP contribution in [-0.4, -0.2) is 36.0 Å². The van der Waals surface area contributed by atoms with E-state index in [-0.39, 0.29) is 0 Å². The zero-order valence-electron chi connectivity index (χ0n) is 10.2. The van der Waals surface area contributed by atoms with Gasteiger partial charge in [-0.2, -0.15) is 11.8 Å². The van der Waals surface area contributed by atoms with Gasteiger partial charge in [0.1, 0.15) is 0 Å². The molecule has 2 nitrogen and oxygen atoms in total. The maximum Gasteiger partial charge on any atom is 0.0521 e. The van der Waals surface area contributed by atoms with Gasteiger partial charge in [-0.15, -0.1) is 0 Å². The number of rotatable bonds is 9. The summed E-state index contributed by atoms with van der Waals surface area (Å²) in [4.78, 5) is 4.40. The summed E-state index contributed by atoms with van der Waals surface area (Å²) in [7, 11) is 0. The first-order valence-electron chi connectivity index (χ1n) is 6.17. The zero-order valence-corrected chi connectivity index (χ0v) is 11.0. The maximum absolute atomic E-state index is 8.61. The molecule has 1 N–H and O–H groups in total. The molecule has 0 radical (unpaired) electrons. The molecule has 0 saturated heterocycles. The van der Waals surface area contributed by atoms with Crippen molar-refractivity contribution in [3.63, 3.8) is 0 Å². The second-order valence-corrected chi connectivity index (χ2v) is 5.07. The molecular weight excluding hydrogens is 230 g/mol. The Hall–Kier alpha value is -0.800. The Labute approximate surface area is 108 Å². The molecule has 94 valence electrons. The van der Waals surface area contributed by atoms with Crippen molar-refractivity contribution in [3.05, 3.63) is 35.9 Å². The normalized spacial score (nSPS) is 11.1. The Balaban J connectivity index is 1.95. The molecule has 3 heteroatoms. The number of nitrogens with zero attached hydrogens (tertiary/aromatic N) is 1. The minimum Gasteiger partial charge on any atom is -0.396 e. The highest BCUT2D eigenvalue weighted by Crippen LogP contribution is 2.05. The second kappa shape index (κ2) is 10.4. The van der Waals surface area contributed by atoms with Crippen LogP contribution in [0.3, 0.4) is 0 Å². The van der Waals surface area contributed by atoms with Crippen LogP contribution < -0.4 is 0 Å². The largest absolute Gasteiger partial charge is 0.396 e. The first-order chi connectivity index (χ1) is 8.43. The molecule has 0 amide bonds. The van der Waals surface area contributed by atoms with Gasteiger partial charge in [0.05, 0.1) is 6.61 Å². The molecule has 0 aliphatic heterocycles. The lowest BCUT2D eigenvalue weighted by Gasteiger charge is -1.98. The van der Waals surface area contributed by atoms with Crippen molar-refractivity contribution >= 4 is 18.0 Å². The van der Waals surface area contributed by atoms with Crippen molar-refractivity contribution in [3.8, 4) is 0 Å². The number of hydrogen-bond acceptors (Lipinski definition) is 3. The lowest BCUT2D eigenvalue weighted by molar-refractivity contribution is 0.322. The van der Waals surface area contributed by atoms with Crippen molar-refractivity contribution < 1.29 is 5.11 Å². The topological polar surface area (TPSA) is 32.6 Å².